The summed E-state index contributed by atoms with van der Waals surface area (Å²) in [7, 11) is 0. The largest absolute Gasteiger partial charge is 0.494 e. The predicted molar refractivity (Wildman–Crippen MR) is 97.6 cm³/mol. The summed E-state index contributed by atoms with van der Waals surface area (Å²) in [5, 5.41) is 2.83. The van der Waals surface area contributed by atoms with Crippen LogP contribution in [0.1, 0.15) is 25.8 Å². The maximum Gasteiger partial charge on any atom is 0.224 e. The van der Waals surface area contributed by atoms with Gasteiger partial charge in [0.2, 0.25) is 11.8 Å². The molecular formula is C19H29N3O3. The Balaban J connectivity index is 1.65. The second-order valence-electron chi connectivity index (χ2n) is 6.17. The molecule has 1 aliphatic heterocycles. The van der Waals surface area contributed by atoms with Crippen LogP contribution in [0.2, 0.25) is 0 Å². The highest BCUT2D eigenvalue weighted by molar-refractivity contribution is 5.80. The smallest absolute Gasteiger partial charge is 0.224 e. The highest BCUT2D eigenvalue weighted by Crippen LogP contribution is 2.12. The molecule has 0 aromatic heterocycles. The molecule has 6 nitrogen and oxygen atoms in total. The number of ether oxygens (including phenoxy) is 1. The van der Waals surface area contributed by atoms with E-state index in [1.165, 1.54) is 0 Å². The lowest BCUT2D eigenvalue weighted by Gasteiger charge is -2.34. The van der Waals surface area contributed by atoms with Gasteiger partial charge in [-0.2, -0.15) is 0 Å². The Hall–Kier alpha value is -2.08. The van der Waals surface area contributed by atoms with E-state index < -0.39 is 0 Å². The summed E-state index contributed by atoms with van der Waals surface area (Å²) >= 11 is 0. The molecular weight excluding hydrogens is 318 g/mol. The fraction of sp³-hybridized carbons (Fsp3) is 0.579. The molecule has 0 atom stereocenters. The third-order valence-corrected chi connectivity index (χ3v) is 4.43. The topological polar surface area (TPSA) is 61.9 Å². The Morgan fingerprint density at radius 3 is 2.36 bits per heavy atom. The average molecular weight is 347 g/mol. The summed E-state index contributed by atoms with van der Waals surface area (Å²) in [4.78, 5) is 28.4. The molecule has 1 saturated heterocycles. The molecule has 6 heteroatoms. The maximum absolute atomic E-state index is 12.2. The number of nitrogens with one attached hydrogen (secondary N) is 1. The summed E-state index contributed by atoms with van der Waals surface area (Å²) in [6, 6.07) is 7.52. The Morgan fingerprint density at radius 2 is 1.76 bits per heavy atom. The van der Waals surface area contributed by atoms with Crippen molar-refractivity contribution in [3.63, 3.8) is 0 Å². The standard InChI is InChI=1S/C19H29N3O3/c1-3-21-11-13-22(14-12-21)19(24)9-10-20-18(23)15-16-5-7-17(8-6-16)25-4-2/h5-8H,3-4,9-15H2,1-2H3,(H,20,23). The molecule has 1 aromatic rings. The average Bonchev–Trinajstić information content (AvgIpc) is 2.63. The molecule has 0 spiro atoms. The molecule has 1 aromatic carbocycles. The van der Waals surface area contributed by atoms with Gasteiger partial charge in [-0.3, -0.25) is 9.59 Å². The molecule has 138 valence electrons. The summed E-state index contributed by atoms with van der Waals surface area (Å²) in [6.07, 6.45) is 0.677. The number of benzene rings is 1. The Bertz CT molecular complexity index is 552. The number of carbonyl (C=O) groups is 2. The SMILES string of the molecule is CCOc1ccc(CC(=O)NCCC(=O)N2CCN(CC)CC2)cc1. The van der Waals surface area contributed by atoms with Crippen molar-refractivity contribution in [2.45, 2.75) is 26.7 Å². The molecule has 2 amide bonds. The van der Waals surface area contributed by atoms with Crippen molar-refractivity contribution in [2.75, 3.05) is 45.9 Å². The van der Waals surface area contributed by atoms with Crippen molar-refractivity contribution in [1.82, 2.24) is 15.1 Å². The molecule has 1 aliphatic rings. The second kappa shape index (κ2) is 10.0. The second-order valence-corrected chi connectivity index (χ2v) is 6.17. The van der Waals surface area contributed by atoms with Crippen molar-refractivity contribution in [3.05, 3.63) is 29.8 Å². The van der Waals surface area contributed by atoms with E-state index in [-0.39, 0.29) is 11.8 Å². The summed E-state index contributed by atoms with van der Waals surface area (Å²) < 4.78 is 5.38. The molecule has 1 N–H and O–H groups in total. The van der Waals surface area contributed by atoms with Crippen molar-refractivity contribution >= 4 is 11.8 Å². The van der Waals surface area contributed by atoms with Crippen LogP contribution in [-0.2, 0) is 16.0 Å². The van der Waals surface area contributed by atoms with Crippen LogP contribution in [-0.4, -0.2) is 67.5 Å². The first-order chi connectivity index (χ1) is 12.1. The fourth-order valence-electron chi connectivity index (χ4n) is 2.90. The zero-order chi connectivity index (χ0) is 18.1. The number of nitrogens with zero attached hydrogens (tertiary/aromatic N) is 2. The van der Waals surface area contributed by atoms with E-state index in [4.69, 9.17) is 4.74 Å². The van der Waals surface area contributed by atoms with Crippen LogP contribution in [0.3, 0.4) is 0 Å². The van der Waals surface area contributed by atoms with Crippen molar-refractivity contribution in [3.8, 4) is 5.75 Å². The highest BCUT2D eigenvalue weighted by atomic mass is 16.5. The van der Waals surface area contributed by atoms with Crippen LogP contribution in [0.15, 0.2) is 24.3 Å². The molecule has 2 rings (SSSR count). The minimum Gasteiger partial charge on any atom is -0.494 e. The van der Waals surface area contributed by atoms with E-state index in [0.717, 1.165) is 44.0 Å². The van der Waals surface area contributed by atoms with Crippen molar-refractivity contribution < 1.29 is 14.3 Å². The maximum atomic E-state index is 12.2. The number of piperazine rings is 1. The molecule has 0 bridgehead atoms. The normalized spacial score (nSPS) is 15.0. The monoisotopic (exact) mass is 347 g/mol. The van der Waals surface area contributed by atoms with Crippen molar-refractivity contribution in [1.29, 1.82) is 0 Å². The summed E-state index contributed by atoms with van der Waals surface area (Å²) in [6.45, 7) is 9.57. The number of amides is 2. The first-order valence-electron chi connectivity index (χ1n) is 9.11. The van der Waals surface area contributed by atoms with Crippen LogP contribution in [0.4, 0.5) is 0 Å². The minimum absolute atomic E-state index is 0.0623. The first kappa shape index (κ1) is 19.2. The van der Waals surface area contributed by atoms with E-state index in [9.17, 15) is 9.59 Å². The Kier molecular flexibility index (Phi) is 7.73. The van der Waals surface area contributed by atoms with Gasteiger partial charge in [-0.15, -0.1) is 0 Å². The Labute approximate surface area is 150 Å². The van der Waals surface area contributed by atoms with Gasteiger partial charge in [-0.1, -0.05) is 19.1 Å². The fourth-order valence-corrected chi connectivity index (χ4v) is 2.90. The third-order valence-electron chi connectivity index (χ3n) is 4.43. The molecule has 0 saturated carbocycles. The van der Waals surface area contributed by atoms with Gasteiger partial charge in [0.15, 0.2) is 0 Å². The van der Waals surface area contributed by atoms with Crippen LogP contribution in [0.5, 0.6) is 5.75 Å². The molecule has 25 heavy (non-hydrogen) atoms. The van der Waals surface area contributed by atoms with E-state index in [1.54, 1.807) is 0 Å². The first-order valence-corrected chi connectivity index (χ1v) is 9.11. The van der Waals surface area contributed by atoms with E-state index in [1.807, 2.05) is 36.1 Å². The van der Waals surface area contributed by atoms with Crippen molar-refractivity contribution in [2.24, 2.45) is 0 Å². The molecule has 0 unspecified atom stereocenters. The van der Waals surface area contributed by atoms with E-state index >= 15 is 0 Å². The number of hydrogen-bond acceptors (Lipinski definition) is 4. The third kappa shape index (κ3) is 6.38. The Morgan fingerprint density at radius 1 is 1.08 bits per heavy atom. The van der Waals surface area contributed by atoms with Crippen LogP contribution in [0.25, 0.3) is 0 Å². The quantitative estimate of drug-likeness (QED) is 0.770. The van der Waals surface area contributed by atoms with Crippen LogP contribution >= 0.6 is 0 Å². The molecule has 0 radical (unpaired) electrons. The molecule has 0 aliphatic carbocycles. The number of carbonyl (C=O) groups excluding carboxylic acids is 2. The minimum atomic E-state index is -0.0623. The van der Waals surface area contributed by atoms with Gasteiger partial charge in [0.05, 0.1) is 13.0 Å². The van der Waals surface area contributed by atoms with E-state index in [0.29, 0.717) is 26.0 Å². The number of likely N-dealkylation sites (N-methyl/N-ethyl adjacent to an activating group) is 1. The van der Waals surface area contributed by atoms with E-state index in [2.05, 4.69) is 17.1 Å². The lowest BCUT2D eigenvalue weighted by atomic mass is 10.1. The van der Waals surface area contributed by atoms with Gasteiger partial charge >= 0.3 is 0 Å². The van der Waals surface area contributed by atoms with Crippen LogP contribution in [0, 0.1) is 0 Å². The van der Waals surface area contributed by atoms with Gasteiger partial charge < -0.3 is 19.9 Å². The van der Waals surface area contributed by atoms with Gasteiger partial charge in [-0.05, 0) is 31.2 Å². The zero-order valence-corrected chi connectivity index (χ0v) is 15.3. The molecule has 1 heterocycles. The summed E-state index contributed by atoms with van der Waals surface area (Å²) in [5.74, 6) is 0.866. The lowest BCUT2D eigenvalue weighted by molar-refractivity contribution is -0.132. The lowest BCUT2D eigenvalue weighted by Crippen LogP contribution is -2.49. The predicted octanol–water partition coefficient (Wildman–Crippen LogP) is 1.30. The zero-order valence-electron chi connectivity index (χ0n) is 15.3. The summed E-state index contributed by atoms with van der Waals surface area (Å²) in [5.41, 5.74) is 0.933. The van der Waals surface area contributed by atoms with Gasteiger partial charge in [0.25, 0.3) is 0 Å². The van der Waals surface area contributed by atoms with Gasteiger partial charge in [-0.25, -0.2) is 0 Å². The number of hydrogen-bond donors (Lipinski definition) is 1. The number of rotatable bonds is 8. The van der Waals surface area contributed by atoms with Gasteiger partial charge in [0, 0.05) is 39.1 Å². The highest BCUT2D eigenvalue weighted by Gasteiger charge is 2.19. The molecule has 1 fully saturated rings. The van der Waals surface area contributed by atoms with Gasteiger partial charge in [0.1, 0.15) is 5.75 Å². The van der Waals surface area contributed by atoms with Crippen LogP contribution < -0.4 is 10.1 Å².